The molecule has 3 N–H and O–H groups in total. The Morgan fingerprint density at radius 2 is 1.93 bits per heavy atom. The fraction of sp³-hybridized carbons (Fsp3) is 0.435. The molecule has 5 heteroatoms. The number of methoxy groups -OCH3 is 1. The van der Waals surface area contributed by atoms with Gasteiger partial charge in [-0.2, -0.15) is 0 Å². The predicted molar refractivity (Wildman–Crippen MR) is 114 cm³/mol. The van der Waals surface area contributed by atoms with E-state index in [1.54, 1.807) is 13.2 Å². The van der Waals surface area contributed by atoms with Crippen molar-refractivity contribution in [3.63, 3.8) is 0 Å². The lowest BCUT2D eigenvalue weighted by Gasteiger charge is -2.32. The van der Waals surface area contributed by atoms with Gasteiger partial charge in [0, 0.05) is 30.9 Å². The van der Waals surface area contributed by atoms with Crippen LogP contribution in [0.3, 0.4) is 0 Å². The van der Waals surface area contributed by atoms with Crippen molar-refractivity contribution in [2.45, 2.75) is 38.6 Å². The number of rotatable bonds is 7. The predicted octanol–water partition coefficient (Wildman–Crippen LogP) is 3.41. The van der Waals surface area contributed by atoms with Crippen molar-refractivity contribution in [1.29, 1.82) is 0 Å². The van der Waals surface area contributed by atoms with E-state index in [4.69, 9.17) is 10.5 Å². The van der Waals surface area contributed by atoms with Gasteiger partial charge in [-0.3, -0.25) is 4.79 Å². The average molecular weight is 382 g/mol. The van der Waals surface area contributed by atoms with Crippen LogP contribution in [0.1, 0.15) is 40.7 Å². The van der Waals surface area contributed by atoms with Crippen LogP contribution in [0.4, 0.5) is 5.69 Å². The number of benzene rings is 2. The summed E-state index contributed by atoms with van der Waals surface area (Å²) in [6.07, 6.45) is 4.25. The molecule has 0 aromatic heterocycles. The SMILES string of the molecule is COc1cc(N)c(C)cc1C(=O)NC1CCN(CCCc2ccccc2)CC1. The molecule has 1 aliphatic heterocycles. The highest BCUT2D eigenvalue weighted by molar-refractivity contribution is 5.98. The van der Waals surface area contributed by atoms with Gasteiger partial charge in [-0.15, -0.1) is 0 Å². The topological polar surface area (TPSA) is 67.6 Å². The molecule has 150 valence electrons. The highest BCUT2D eigenvalue weighted by Gasteiger charge is 2.22. The Bertz CT molecular complexity index is 784. The van der Waals surface area contributed by atoms with Crippen molar-refractivity contribution in [2.24, 2.45) is 0 Å². The van der Waals surface area contributed by atoms with E-state index in [-0.39, 0.29) is 11.9 Å². The number of ether oxygens (including phenoxy) is 1. The molecule has 2 aromatic carbocycles. The van der Waals surface area contributed by atoms with Gasteiger partial charge < -0.3 is 20.7 Å². The maximum absolute atomic E-state index is 12.7. The second-order valence-corrected chi connectivity index (χ2v) is 7.59. The van der Waals surface area contributed by atoms with E-state index in [0.717, 1.165) is 44.5 Å². The molecule has 0 unspecified atom stereocenters. The van der Waals surface area contributed by atoms with E-state index in [9.17, 15) is 4.79 Å². The minimum atomic E-state index is -0.0810. The third-order valence-corrected chi connectivity index (χ3v) is 5.54. The summed E-state index contributed by atoms with van der Waals surface area (Å²) in [6, 6.07) is 14.4. The Balaban J connectivity index is 1.45. The molecular weight excluding hydrogens is 350 g/mol. The van der Waals surface area contributed by atoms with Gasteiger partial charge in [-0.05, 0) is 56.3 Å². The molecular formula is C23H31N3O2. The van der Waals surface area contributed by atoms with Gasteiger partial charge in [-0.1, -0.05) is 30.3 Å². The summed E-state index contributed by atoms with van der Waals surface area (Å²) in [5.41, 5.74) is 9.40. The second-order valence-electron chi connectivity index (χ2n) is 7.59. The van der Waals surface area contributed by atoms with E-state index in [2.05, 4.69) is 40.5 Å². The number of nitrogens with one attached hydrogen (secondary N) is 1. The van der Waals surface area contributed by atoms with Crippen molar-refractivity contribution in [3.05, 3.63) is 59.2 Å². The maximum Gasteiger partial charge on any atom is 0.255 e. The standard InChI is InChI=1S/C23H31N3O2/c1-17-15-20(22(28-2)16-21(17)24)23(27)25-19-10-13-26(14-11-19)12-6-9-18-7-4-3-5-8-18/h3-5,7-8,15-16,19H,6,9-14,24H2,1-2H3,(H,25,27). The van der Waals surface area contributed by atoms with Crippen LogP contribution in [-0.4, -0.2) is 43.6 Å². The Kier molecular flexibility index (Phi) is 6.93. The molecule has 1 amide bonds. The quantitative estimate of drug-likeness (QED) is 0.721. The second kappa shape index (κ2) is 9.60. The number of nitrogen functional groups attached to an aromatic ring is 1. The molecule has 1 aliphatic rings. The monoisotopic (exact) mass is 381 g/mol. The number of hydrogen-bond acceptors (Lipinski definition) is 4. The van der Waals surface area contributed by atoms with Crippen LogP contribution in [0.2, 0.25) is 0 Å². The number of hydrogen-bond donors (Lipinski definition) is 2. The highest BCUT2D eigenvalue weighted by atomic mass is 16.5. The molecule has 0 atom stereocenters. The van der Waals surface area contributed by atoms with Crippen LogP contribution in [0, 0.1) is 6.92 Å². The molecule has 5 nitrogen and oxygen atoms in total. The fourth-order valence-electron chi connectivity index (χ4n) is 3.77. The third kappa shape index (κ3) is 5.26. The van der Waals surface area contributed by atoms with Crippen LogP contribution >= 0.6 is 0 Å². The number of carbonyl (C=O) groups is 1. The summed E-state index contributed by atoms with van der Waals surface area (Å²) in [4.78, 5) is 15.2. The number of piperidine rings is 1. The number of aryl methyl sites for hydroxylation is 2. The summed E-state index contributed by atoms with van der Waals surface area (Å²) >= 11 is 0. The molecule has 0 saturated carbocycles. The molecule has 0 radical (unpaired) electrons. The Morgan fingerprint density at radius 3 is 2.61 bits per heavy atom. The first-order valence-electron chi connectivity index (χ1n) is 10.1. The number of anilines is 1. The largest absolute Gasteiger partial charge is 0.496 e. The summed E-state index contributed by atoms with van der Waals surface area (Å²) < 4.78 is 5.34. The van der Waals surface area contributed by atoms with E-state index < -0.39 is 0 Å². The number of nitrogens with two attached hydrogens (primary N) is 1. The van der Waals surface area contributed by atoms with Gasteiger partial charge in [0.25, 0.3) is 5.91 Å². The Morgan fingerprint density at radius 1 is 1.21 bits per heavy atom. The zero-order valence-electron chi connectivity index (χ0n) is 16.9. The lowest BCUT2D eigenvalue weighted by Crippen LogP contribution is -2.45. The van der Waals surface area contributed by atoms with E-state index in [1.807, 2.05) is 13.0 Å². The lowest BCUT2D eigenvalue weighted by molar-refractivity contribution is 0.0907. The first-order valence-corrected chi connectivity index (χ1v) is 10.1. The molecule has 0 spiro atoms. The highest BCUT2D eigenvalue weighted by Crippen LogP contribution is 2.25. The van der Waals surface area contributed by atoms with Crippen molar-refractivity contribution in [3.8, 4) is 5.75 Å². The van der Waals surface area contributed by atoms with Crippen LogP contribution in [-0.2, 0) is 6.42 Å². The molecule has 2 aromatic rings. The van der Waals surface area contributed by atoms with Crippen LogP contribution < -0.4 is 15.8 Å². The van der Waals surface area contributed by atoms with E-state index in [0.29, 0.717) is 17.0 Å². The van der Waals surface area contributed by atoms with Crippen LogP contribution in [0.5, 0.6) is 5.75 Å². The zero-order chi connectivity index (χ0) is 19.9. The van der Waals surface area contributed by atoms with Crippen molar-refractivity contribution in [1.82, 2.24) is 10.2 Å². The Hall–Kier alpha value is -2.53. The van der Waals surface area contributed by atoms with Gasteiger partial charge in [0.1, 0.15) is 5.75 Å². The maximum atomic E-state index is 12.7. The summed E-state index contributed by atoms with van der Waals surface area (Å²) in [7, 11) is 1.56. The van der Waals surface area contributed by atoms with E-state index >= 15 is 0 Å². The van der Waals surface area contributed by atoms with Gasteiger partial charge >= 0.3 is 0 Å². The van der Waals surface area contributed by atoms with Gasteiger partial charge in [0.15, 0.2) is 0 Å². The van der Waals surface area contributed by atoms with Crippen molar-refractivity contribution in [2.75, 3.05) is 32.5 Å². The average Bonchev–Trinajstić information content (AvgIpc) is 2.71. The molecule has 28 heavy (non-hydrogen) atoms. The molecule has 0 bridgehead atoms. The Labute approximate surface area is 167 Å². The summed E-state index contributed by atoms with van der Waals surface area (Å²) in [6.45, 7) is 5.06. The van der Waals surface area contributed by atoms with Gasteiger partial charge in [0.05, 0.1) is 12.7 Å². The number of likely N-dealkylation sites (tertiary alicyclic amines) is 1. The first-order chi connectivity index (χ1) is 13.6. The normalized spacial score (nSPS) is 15.4. The van der Waals surface area contributed by atoms with Crippen LogP contribution in [0.15, 0.2) is 42.5 Å². The first kappa shape index (κ1) is 20.2. The van der Waals surface area contributed by atoms with Gasteiger partial charge in [0.2, 0.25) is 0 Å². The smallest absolute Gasteiger partial charge is 0.255 e. The fourth-order valence-corrected chi connectivity index (χ4v) is 3.77. The van der Waals surface area contributed by atoms with E-state index in [1.165, 1.54) is 12.0 Å². The van der Waals surface area contributed by atoms with Crippen molar-refractivity contribution >= 4 is 11.6 Å². The van der Waals surface area contributed by atoms with Crippen LogP contribution in [0.25, 0.3) is 0 Å². The minimum Gasteiger partial charge on any atom is -0.496 e. The van der Waals surface area contributed by atoms with Crippen molar-refractivity contribution < 1.29 is 9.53 Å². The zero-order valence-corrected chi connectivity index (χ0v) is 16.9. The molecule has 0 aliphatic carbocycles. The lowest BCUT2D eigenvalue weighted by atomic mass is 10.0. The third-order valence-electron chi connectivity index (χ3n) is 5.54. The molecule has 3 rings (SSSR count). The van der Waals surface area contributed by atoms with Gasteiger partial charge in [-0.25, -0.2) is 0 Å². The molecule has 1 fully saturated rings. The summed E-state index contributed by atoms with van der Waals surface area (Å²) in [5, 5.41) is 3.17. The number of carbonyl (C=O) groups excluding carboxylic acids is 1. The molecule has 1 heterocycles. The number of nitrogens with zero attached hydrogens (tertiary/aromatic N) is 1. The summed E-state index contributed by atoms with van der Waals surface area (Å²) in [5.74, 6) is 0.446. The number of amides is 1. The minimum absolute atomic E-state index is 0.0810. The molecule has 1 saturated heterocycles.